The van der Waals surface area contributed by atoms with E-state index in [1.807, 2.05) is 12.3 Å². The summed E-state index contributed by atoms with van der Waals surface area (Å²) in [6, 6.07) is 10.5. The molecule has 1 aromatic carbocycles. The molecule has 0 radical (unpaired) electrons. The first-order valence-corrected chi connectivity index (χ1v) is 6.44. The van der Waals surface area contributed by atoms with Crippen molar-refractivity contribution < 1.29 is 4.74 Å². The van der Waals surface area contributed by atoms with Gasteiger partial charge < -0.3 is 10.1 Å². The van der Waals surface area contributed by atoms with Gasteiger partial charge in [-0.2, -0.15) is 0 Å². The van der Waals surface area contributed by atoms with E-state index in [1.165, 1.54) is 10.9 Å². The molecule has 18 heavy (non-hydrogen) atoms. The smallest absolute Gasteiger partial charge is 0.0733 e. The Bertz CT molecular complexity index is 479. The van der Waals surface area contributed by atoms with Gasteiger partial charge in [0.25, 0.3) is 0 Å². The number of fused-ring (bicyclic) bond motifs is 1. The topological polar surface area (TPSA) is 34.1 Å². The molecule has 0 saturated carbocycles. The zero-order chi connectivity index (χ0) is 12.6. The normalized spacial score (nSPS) is 10.9. The van der Waals surface area contributed by atoms with Gasteiger partial charge in [-0.15, -0.1) is 0 Å². The number of nitrogens with one attached hydrogen (secondary N) is 1. The Balaban J connectivity index is 1.88. The molecule has 1 heterocycles. The number of hydrogen-bond donors (Lipinski definition) is 1. The summed E-state index contributed by atoms with van der Waals surface area (Å²) in [5.74, 6) is 0. The third-order valence-corrected chi connectivity index (χ3v) is 3.00. The molecule has 1 aromatic heterocycles. The predicted octanol–water partition coefficient (Wildman–Crippen LogP) is 2.40. The van der Waals surface area contributed by atoms with Crippen LogP contribution in [-0.2, 0) is 11.2 Å². The van der Waals surface area contributed by atoms with E-state index in [2.05, 4.69) is 34.6 Å². The van der Waals surface area contributed by atoms with Crippen molar-refractivity contribution in [3.05, 3.63) is 42.1 Å². The Morgan fingerprint density at radius 3 is 2.94 bits per heavy atom. The molecule has 0 fully saturated rings. The Kier molecular flexibility index (Phi) is 5.12. The van der Waals surface area contributed by atoms with Crippen LogP contribution in [0.2, 0.25) is 0 Å². The molecular weight excluding hydrogens is 224 g/mol. The van der Waals surface area contributed by atoms with Crippen LogP contribution >= 0.6 is 0 Å². The molecule has 2 aromatic rings. The molecule has 0 spiro atoms. The lowest BCUT2D eigenvalue weighted by molar-refractivity contribution is 0.199. The highest BCUT2D eigenvalue weighted by molar-refractivity contribution is 5.81. The monoisotopic (exact) mass is 244 g/mol. The van der Waals surface area contributed by atoms with Crippen LogP contribution in [0, 0.1) is 0 Å². The molecule has 1 N–H and O–H groups in total. The molecule has 0 saturated heterocycles. The third-order valence-electron chi connectivity index (χ3n) is 3.00. The van der Waals surface area contributed by atoms with Gasteiger partial charge in [-0.3, -0.25) is 4.98 Å². The van der Waals surface area contributed by atoms with E-state index in [-0.39, 0.29) is 0 Å². The number of rotatable bonds is 7. The Labute approximate surface area is 108 Å². The number of para-hydroxylation sites is 1. The highest BCUT2D eigenvalue weighted by atomic mass is 16.5. The Morgan fingerprint density at radius 2 is 2.06 bits per heavy atom. The van der Waals surface area contributed by atoms with E-state index < -0.39 is 0 Å². The van der Waals surface area contributed by atoms with Crippen molar-refractivity contribution in [2.75, 3.05) is 26.8 Å². The van der Waals surface area contributed by atoms with Crippen molar-refractivity contribution in [3.8, 4) is 0 Å². The van der Waals surface area contributed by atoms with E-state index in [0.717, 1.165) is 38.1 Å². The minimum atomic E-state index is 0.774. The van der Waals surface area contributed by atoms with Crippen LogP contribution in [0.5, 0.6) is 0 Å². The summed E-state index contributed by atoms with van der Waals surface area (Å²) in [6.07, 6.45) is 4.05. The van der Waals surface area contributed by atoms with Gasteiger partial charge in [0, 0.05) is 25.2 Å². The first-order chi connectivity index (χ1) is 8.92. The molecular formula is C15H20N2O. The van der Waals surface area contributed by atoms with E-state index in [0.29, 0.717) is 0 Å². The number of pyridine rings is 1. The first-order valence-electron chi connectivity index (χ1n) is 6.44. The number of ether oxygens (including phenoxy) is 1. The van der Waals surface area contributed by atoms with Crippen molar-refractivity contribution in [3.63, 3.8) is 0 Å². The highest BCUT2D eigenvalue weighted by Gasteiger charge is 2.00. The fraction of sp³-hybridized carbons (Fsp3) is 0.400. The van der Waals surface area contributed by atoms with Crippen molar-refractivity contribution in [1.29, 1.82) is 0 Å². The average molecular weight is 244 g/mol. The second kappa shape index (κ2) is 7.09. The molecule has 96 valence electrons. The maximum atomic E-state index is 4.99. The van der Waals surface area contributed by atoms with Crippen molar-refractivity contribution in [1.82, 2.24) is 10.3 Å². The predicted molar refractivity (Wildman–Crippen MR) is 74.8 cm³/mol. The number of nitrogens with zero attached hydrogens (tertiary/aromatic N) is 1. The SMILES string of the molecule is COCCNCCCc1cccc2cccnc12. The van der Waals surface area contributed by atoms with Crippen molar-refractivity contribution in [2.45, 2.75) is 12.8 Å². The minimum Gasteiger partial charge on any atom is -0.383 e. The zero-order valence-corrected chi connectivity index (χ0v) is 10.9. The lowest BCUT2D eigenvalue weighted by atomic mass is 10.1. The van der Waals surface area contributed by atoms with Gasteiger partial charge in [-0.05, 0) is 31.0 Å². The van der Waals surface area contributed by atoms with Crippen molar-refractivity contribution >= 4 is 10.9 Å². The summed E-state index contributed by atoms with van der Waals surface area (Å²) in [5.41, 5.74) is 2.47. The molecule has 2 rings (SSSR count). The van der Waals surface area contributed by atoms with Gasteiger partial charge in [-0.25, -0.2) is 0 Å². The van der Waals surface area contributed by atoms with Crippen LogP contribution in [0.15, 0.2) is 36.5 Å². The summed E-state index contributed by atoms with van der Waals surface area (Å²) >= 11 is 0. The maximum absolute atomic E-state index is 4.99. The van der Waals surface area contributed by atoms with Gasteiger partial charge in [0.15, 0.2) is 0 Å². The third kappa shape index (κ3) is 3.52. The molecule has 0 amide bonds. The molecule has 3 heteroatoms. The van der Waals surface area contributed by atoms with Gasteiger partial charge in [-0.1, -0.05) is 24.3 Å². The summed E-state index contributed by atoms with van der Waals surface area (Å²) in [6.45, 7) is 2.71. The quantitative estimate of drug-likeness (QED) is 0.759. The van der Waals surface area contributed by atoms with Gasteiger partial charge in [0.2, 0.25) is 0 Å². The standard InChI is InChI=1S/C15H20N2O/c1-18-12-11-16-9-3-7-13-5-2-6-14-8-4-10-17-15(13)14/h2,4-6,8,10,16H,3,7,9,11-12H2,1H3. The Morgan fingerprint density at radius 1 is 1.17 bits per heavy atom. The van der Waals surface area contributed by atoms with Crippen LogP contribution in [0.1, 0.15) is 12.0 Å². The van der Waals surface area contributed by atoms with E-state index in [1.54, 1.807) is 7.11 Å². The first kappa shape index (κ1) is 13.0. The average Bonchev–Trinajstić information content (AvgIpc) is 2.43. The zero-order valence-electron chi connectivity index (χ0n) is 10.9. The van der Waals surface area contributed by atoms with Gasteiger partial charge in [0.05, 0.1) is 12.1 Å². The molecule has 0 aliphatic heterocycles. The molecule has 3 nitrogen and oxygen atoms in total. The molecule has 0 atom stereocenters. The van der Waals surface area contributed by atoms with Crippen LogP contribution in [0.3, 0.4) is 0 Å². The van der Waals surface area contributed by atoms with Crippen LogP contribution in [0.4, 0.5) is 0 Å². The van der Waals surface area contributed by atoms with E-state index >= 15 is 0 Å². The lowest BCUT2D eigenvalue weighted by Crippen LogP contribution is -2.20. The minimum absolute atomic E-state index is 0.774. The summed E-state index contributed by atoms with van der Waals surface area (Å²) in [7, 11) is 1.73. The molecule has 0 aliphatic carbocycles. The summed E-state index contributed by atoms with van der Waals surface area (Å²) < 4.78 is 4.99. The van der Waals surface area contributed by atoms with Crippen molar-refractivity contribution in [2.24, 2.45) is 0 Å². The molecule has 0 bridgehead atoms. The molecule has 0 aliphatic rings. The fourth-order valence-corrected chi connectivity index (χ4v) is 2.07. The molecule has 0 unspecified atom stereocenters. The number of methoxy groups -OCH3 is 1. The lowest BCUT2D eigenvalue weighted by Gasteiger charge is -2.06. The second-order valence-corrected chi connectivity index (χ2v) is 4.34. The second-order valence-electron chi connectivity index (χ2n) is 4.34. The van der Waals surface area contributed by atoms with E-state index in [4.69, 9.17) is 4.74 Å². The number of aryl methyl sites for hydroxylation is 1. The van der Waals surface area contributed by atoms with Gasteiger partial charge in [0.1, 0.15) is 0 Å². The summed E-state index contributed by atoms with van der Waals surface area (Å²) in [4.78, 5) is 4.47. The number of aromatic nitrogens is 1. The highest BCUT2D eigenvalue weighted by Crippen LogP contribution is 2.16. The Hall–Kier alpha value is -1.45. The van der Waals surface area contributed by atoms with Gasteiger partial charge >= 0.3 is 0 Å². The number of hydrogen-bond acceptors (Lipinski definition) is 3. The fourth-order valence-electron chi connectivity index (χ4n) is 2.07. The maximum Gasteiger partial charge on any atom is 0.0733 e. The number of benzene rings is 1. The van der Waals surface area contributed by atoms with Crippen LogP contribution in [0.25, 0.3) is 10.9 Å². The van der Waals surface area contributed by atoms with Crippen LogP contribution < -0.4 is 5.32 Å². The largest absolute Gasteiger partial charge is 0.383 e. The summed E-state index contributed by atoms with van der Waals surface area (Å²) in [5, 5.41) is 4.58. The van der Waals surface area contributed by atoms with Crippen LogP contribution in [-0.4, -0.2) is 31.8 Å². The van der Waals surface area contributed by atoms with E-state index in [9.17, 15) is 0 Å².